The molecule has 1 aromatic rings. The lowest BCUT2D eigenvalue weighted by atomic mass is 10.2. The van der Waals surface area contributed by atoms with Crippen molar-refractivity contribution in [1.82, 2.24) is 10.2 Å². The molecule has 0 aliphatic rings. The molecule has 5 heteroatoms. The molecule has 0 atom stereocenters. The highest BCUT2D eigenvalue weighted by atomic mass is 35.5. The van der Waals surface area contributed by atoms with Gasteiger partial charge in [-0.15, -0.1) is 0 Å². The minimum Gasteiger partial charge on any atom is -0.398 e. The number of rotatable bonds is 5. The van der Waals surface area contributed by atoms with Crippen molar-refractivity contribution < 1.29 is 4.79 Å². The van der Waals surface area contributed by atoms with E-state index in [0.717, 1.165) is 13.0 Å². The van der Waals surface area contributed by atoms with Gasteiger partial charge >= 0.3 is 0 Å². The van der Waals surface area contributed by atoms with Crippen LogP contribution >= 0.6 is 11.6 Å². The first-order valence-corrected chi connectivity index (χ1v) is 5.87. The summed E-state index contributed by atoms with van der Waals surface area (Å²) in [6, 6.07) is 5.06. The Morgan fingerprint density at radius 1 is 1.47 bits per heavy atom. The first-order valence-electron chi connectivity index (χ1n) is 5.49. The fourth-order valence-electron chi connectivity index (χ4n) is 1.42. The maximum absolute atomic E-state index is 11.8. The van der Waals surface area contributed by atoms with E-state index in [1.54, 1.807) is 18.2 Å². The first kappa shape index (κ1) is 13.8. The summed E-state index contributed by atoms with van der Waals surface area (Å²) in [4.78, 5) is 13.9. The van der Waals surface area contributed by atoms with Gasteiger partial charge in [0.2, 0.25) is 0 Å². The van der Waals surface area contributed by atoms with Crippen LogP contribution in [-0.4, -0.2) is 38.0 Å². The third-order valence-electron chi connectivity index (χ3n) is 2.34. The van der Waals surface area contributed by atoms with E-state index in [0.29, 0.717) is 22.8 Å². The van der Waals surface area contributed by atoms with E-state index >= 15 is 0 Å². The van der Waals surface area contributed by atoms with Gasteiger partial charge in [0.15, 0.2) is 0 Å². The second kappa shape index (κ2) is 6.47. The summed E-state index contributed by atoms with van der Waals surface area (Å²) in [5.41, 5.74) is 6.49. The summed E-state index contributed by atoms with van der Waals surface area (Å²) in [6.45, 7) is 1.56. The van der Waals surface area contributed by atoms with E-state index in [-0.39, 0.29) is 5.91 Å². The molecule has 0 fully saturated rings. The minimum atomic E-state index is -0.180. The normalized spacial score (nSPS) is 10.6. The van der Waals surface area contributed by atoms with Crippen molar-refractivity contribution in [3.05, 3.63) is 28.8 Å². The van der Waals surface area contributed by atoms with Crippen LogP contribution in [0.3, 0.4) is 0 Å². The third-order valence-corrected chi connectivity index (χ3v) is 2.76. The molecule has 0 aliphatic carbocycles. The number of anilines is 1. The van der Waals surface area contributed by atoms with Gasteiger partial charge in [-0.25, -0.2) is 0 Å². The molecule has 94 valence electrons. The van der Waals surface area contributed by atoms with Crippen LogP contribution in [0.25, 0.3) is 0 Å². The summed E-state index contributed by atoms with van der Waals surface area (Å²) in [5, 5.41) is 3.13. The van der Waals surface area contributed by atoms with Crippen molar-refractivity contribution >= 4 is 23.2 Å². The Morgan fingerprint density at radius 3 is 2.82 bits per heavy atom. The van der Waals surface area contributed by atoms with Crippen LogP contribution in [0.1, 0.15) is 16.8 Å². The van der Waals surface area contributed by atoms with Crippen molar-refractivity contribution in [3.63, 3.8) is 0 Å². The molecule has 17 heavy (non-hydrogen) atoms. The van der Waals surface area contributed by atoms with Gasteiger partial charge in [-0.3, -0.25) is 4.79 Å². The number of halogens is 1. The van der Waals surface area contributed by atoms with Gasteiger partial charge in [0.05, 0.1) is 16.3 Å². The molecule has 4 nitrogen and oxygen atoms in total. The number of carbonyl (C=O) groups excluding carboxylic acids is 1. The van der Waals surface area contributed by atoms with Crippen LogP contribution in [0.5, 0.6) is 0 Å². The molecule has 1 aromatic carbocycles. The fraction of sp³-hybridized carbons (Fsp3) is 0.417. The molecule has 0 unspecified atom stereocenters. The summed E-state index contributed by atoms with van der Waals surface area (Å²) in [7, 11) is 3.99. The number of nitrogens with two attached hydrogens (primary N) is 1. The van der Waals surface area contributed by atoms with Crippen molar-refractivity contribution in [2.45, 2.75) is 6.42 Å². The molecule has 0 bridgehead atoms. The van der Waals surface area contributed by atoms with E-state index in [2.05, 4.69) is 10.2 Å². The number of nitrogen functional groups attached to an aromatic ring is 1. The lowest BCUT2D eigenvalue weighted by Crippen LogP contribution is -2.27. The predicted octanol–water partition coefficient (Wildman–Crippen LogP) is 1.60. The molecule has 0 saturated carbocycles. The maximum Gasteiger partial charge on any atom is 0.252 e. The third kappa shape index (κ3) is 4.24. The maximum atomic E-state index is 11.8. The number of carbonyl (C=O) groups is 1. The topological polar surface area (TPSA) is 58.4 Å². The van der Waals surface area contributed by atoms with Crippen molar-refractivity contribution in [1.29, 1.82) is 0 Å². The summed E-state index contributed by atoms with van der Waals surface area (Å²) in [6.07, 6.45) is 0.901. The van der Waals surface area contributed by atoms with Crippen LogP contribution in [0.2, 0.25) is 5.02 Å². The average Bonchev–Trinajstić information content (AvgIpc) is 2.27. The Hall–Kier alpha value is -1.26. The van der Waals surface area contributed by atoms with Gasteiger partial charge in [0, 0.05) is 6.54 Å². The van der Waals surface area contributed by atoms with Gasteiger partial charge in [-0.1, -0.05) is 17.7 Å². The molecule has 0 heterocycles. The largest absolute Gasteiger partial charge is 0.398 e. The first-order chi connectivity index (χ1) is 8.02. The highest BCUT2D eigenvalue weighted by molar-refractivity contribution is 6.36. The Labute approximate surface area is 107 Å². The molecule has 0 radical (unpaired) electrons. The number of hydrogen-bond donors (Lipinski definition) is 2. The van der Waals surface area contributed by atoms with Crippen LogP contribution in [0.4, 0.5) is 5.69 Å². The van der Waals surface area contributed by atoms with E-state index in [9.17, 15) is 4.79 Å². The number of nitrogens with zero attached hydrogens (tertiary/aromatic N) is 1. The molecular formula is C12H18ClN3O. The van der Waals surface area contributed by atoms with Gasteiger partial charge in [-0.05, 0) is 39.2 Å². The zero-order valence-electron chi connectivity index (χ0n) is 10.2. The smallest absolute Gasteiger partial charge is 0.252 e. The van der Waals surface area contributed by atoms with Gasteiger partial charge in [0.1, 0.15) is 0 Å². The molecule has 3 N–H and O–H groups in total. The second-order valence-corrected chi connectivity index (χ2v) is 4.50. The van der Waals surface area contributed by atoms with E-state index < -0.39 is 0 Å². The van der Waals surface area contributed by atoms with Crippen molar-refractivity contribution in [2.75, 3.05) is 32.9 Å². The molecule has 0 aromatic heterocycles. The Balaban J connectivity index is 2.50. The number of benzene rings is 1. The Morgan fingerprint density at radius 2 is 2.18 bits per heavy atom. The Kier molecular flexibility index (Phi) is 5.25. The van der Waals surface area contributed by atoms with Crippen molar-refractivity contribution in [2.24, 2.45) is 0 Å². The molecule has 1 rings (SSSR count). The van der Waals surface area contributed by atoms with E-state index in [4.69, 9.17) is 17.3 Å². The zero-order chi connectivity index (χ0) is 12.8. The van der Waals surface area contributed by atoms with Crippen LogP contribution in [0, 0.1) is 0 Å². The fourth-order valence-corrected chi connectivity index (χ4v) is 1.63. The predicted molar refractivity (Wildman–Crippen MR) is 71.4 cm³/mol. The Bertz CT molecular complexity index is 393. The summed E-state index contributed by atoms with van der Waals surface area (Å²) >= 11 is 5.96. The highest BCUT2D eigenvalue weighted by Gasteiger charge is 2.11. The van der Waals surface area contributed by atoms with Gasteiger partial charge < -0.3 is 16.0 Å². The summed E-state index contributed by atoms with van der Waals surface area (Å²) in [5.74, 6) is -0.180. The monoisotopic (exact) mass is 255 g/mol. The highest BCUT2D eigenvalue weighted by Crippen LogP contribution is 2.22. The standard InChI is InChI=1S/C12H18ClN3O/c1-16(2)8-4-7-15-12(17)9-5-3-6-10(14)11(9)13/h3,5-6H,4,7-8,14H2,1-2H3,(H,15,17). The second-order valence-electron chi connectivity index (χ2n) is 4.12. The molecular weight excluding hydrogens is 238 g/mol. The van der Waals surface area contributed by atoms with E-state index in [1.807, 2.05) is 14.1 Å². The quantitative estimate of drug-likeness (QED) is 0.621. The molecule has 0 aliphatic heterocycles. The van der Waals surface area contributed by atoms with Crippen LogP contribution < -0.4 is 11.1 Å². The number of nitrogens with one attached hydrogen (secondary N) is 1. The number of amides is 1. The van der Waals surface area contributed by atoms with Crippen LogP contribution in [-0.2, 0) is 0 Å². The zero-order valence-corrected chi connectivity index (χ0v) is 10.9. The van der Waals surface area contributed by atoms with Gasteiger partial charge in [-0.2, -0.15) is 0 Å². The lowest BCUT2D eigenvalue weighted by molar-refractivity contribution is 0.0952. The molecule has 0 saturated heterocycles. The van der Waals surface area contributed by atoms with Crippen molar-refractivity contribution in [3.8, 4) is 0 Å². The molecule has 1 amide bonds. The summed E-state index contributed by atoms with van der Waals surface area (Å²) < 4.78 is 0. The average molecular weight is 256 g/mol. The molecule has 0 spiro atoms. The lowest BCUT2D eigenvalue weighted by Gasteiger charge is -2.10. The minimum absolute atomic E-state index is 0.180. The van der Waals surface area contributed by atoms with Crippen LogP contribution in [0.15, 0.2) is 18.2 Å². The SMILES string of the molecule is CN(C)CCCNC(=O)c1cccc(N)c1Cl. The van der Waals surface area contributed by atoms with Gasteiger partial charge in [0.25, 0.3) is 5.91 Å². The van der Waals surface area contributed by atoms with E-state index in [1.165, 1.54) is 0 Å². The number of hydrogen-bond acceptors (Lipinski definition) is 3.